The molecule has 1 atom stereocenters. The fraction of sp³-hybridized carbons (Fsp3) is 0.333. The maximum absolute atomic E-state index is 13.6. The van der Waals surface area contributed by atoms with Crippen LogP contribution in [0.5, 0.6) is 5.75 Å². The Morgan fingerprint density at radius 2 is 1.58 bits per heavy atom. The Labute approximate surface area is 219 Å². The third kappa shape index (κ3) is 5.04. The summed E-state index contributed by atoms with van der Waals surface area (Å²) in [5.74, 6) is -2.15. The van der Waals surface area contributed by atoms with Crippen LogP contribution < -0.4 is 10.2 Å². The summed E-state index contributed by atoms with van der Waals surface area (Å²) in [6.45, 7) is 7.42. The van der Waals surface area contributed by atoms with E-state index in [1.807, 2.05) is 50.2 Å². The lowest BCUT2D eigenvalue weighted by molar-refractivity contribution is -0.137. The van der Waals surface area contributed by atoms with Crippen LogP contribution in [0.4, 0.5) is 0 Å². The van der Waals surface area contributed by atoms with E-state index in [9.17, 15) is 14.4 Å². The fourth-order valence-corrected chi connectivity index (χ4v) is 4.84. The topological polar surface area (TPSA) is 81.5 Å². The number of carbonyl (C=O) groups is 2. The van der Waals surface area contributed by atoms with E-state index in [1.165, 1.54) is 4.68 Å². The van der Waals surface area contributed by atoms with Crippen molar-refractivity contribution >= 4 is 35.1 Å². The molecule has 0 saturated heterocycles. The van der Waals surface area contributed by atoms with Crippen LogP contribution in [0.25, 0.3) is 0 Å². The van der Waals surface area contributed by atoms with Crippen molar-refractivity contribution in [2.24, 2.45) is 5.92 Å². The predicted molar refractivity (Wildman–Crippen MR) is 139 cm³/mol. The van der Waals surface area contributed by atoms with Crippen LogP contribution in [0.3, 0.4) is 0 Å². The van der Waals surface area contributed by atoms with Crippen LogP contribution in [0.15, 0.2) is 59.5 Å². The Morgan fingerprint density at radius 1 is 1.00 bits per heavy atom. The molecular formula is C27H27Cl2N3O4. The number of ether oxygens (including phenoxy) is 1. The van der Waals surface area contributed by atoms with Gasteiger partial charge in [-0.05, 0) is 49.2 Å². The zero-order valence-electron chi connectivity index (χ0n) is 20.4. The van der Waals surface area contributed by atoms with Gasteiger partial charge in [-0.1, -0.05) is 61.3 Å². The molecule has 0 saturated carbocycles. The average Bonchev–Trinajstić information content (AvgIpc) is 2.82. The first-order chi connectivity index (χ1) is 17.1. The number of esters is 1. The molecule has 7 nitrogen and oxygen atoms in total. The SMILES string of the molecule is CC(C)C(=O)Oc1c2n(ncc1=O)[C@@H](C(c1cccc(Cl)c1)c1cccc(Cl)c1)CN(C(C)C)C2=O. The van der Waals surface area contributed by atoms with Crippen LogP contribution in [-0.2, 0) is 4.79 Å². The number of fused-ring (bicyclic) bond motifs is 1. The van der Waals surface area contributed by atoms with E-state index in [2.05, 4.69) is 5.10 Å². The summed E-state index contributed by atoms with van der Waals surface area (Å²) in [7, 11) is 0. The molecule has 4 rings (SSSR count). The number of halogens is 2. The van der Waals surface area contributed by atoms with Gasteiger partial charge in [-0.3, -0.25) is 19.1 Å². The number of aromatic nitrogens is 2. The number of rotatable bonds is 6. The highest BCUT2D eigenvalue weighted by Gasteiger charge is 2.41. The molecule has 1 aromatic heterocycles. The molecule has 1 aliphatic heterocycles. The minimum Gasteiger partial charge on any atom is -0.420 e. The molecule has 2 heterocycles. The monoisotopic (exact) mass is 527 g/mol. The summed E-state index contributed by atoms with van der Waals surface area (Å²) < 4.78 is 6.99. The Bertz CT molecular complexity index is 1320. The van der Waals surface area contributed by atoms with Gasteiger partial charge in [0.2, 0.25) is 11.2 Å². The Kier molecular flexibility index (Phi) is 7.52. The standard InChI is InChI=1S/C27H27Cl2N3O4/c1-15(2)27(35)36-25-22(33)13-30-32-21(14-31(16(3)4)26(34)24(25)32)23(17-7-5-9-19(28)11-17)18-8-6-10-20(29)12-18/h5-13,15-16,21,23H,14H2,1-4H3/t21-/m1/s1. The lowest BCUT2D eigenvalue weighted by Crippen LogP contribution is -2.50. The van der Waals surface area contributed by atoms with Gasteiger partial charge in [0, 0.05) is 28.5 Å². The van der Waals surface area contributed by atoms with E-state index in [1.54, 1.807) is 30.9 Å². The first-order valence-corrected chi connectivity index (χ1v) is 12.5. The summed E-state index contributed by atoms with van der Waals surface area (Å²) in [5.41, 5.74) is 1.10. The van der Waals surface area contributed by atoms with E-state index >= 15 is 0 Å². The number of benzene rings is 2. The van der Waals surface area contributed by atoms with Gasteiger partial charge in [0.1, 0.15) is 0 Å². The maximum Gasteiger partial charge on any atom is 0.313 e. The number of nitrogens with zero attached hydrogens (tertiary/aromatic N) is 3. The largest absolute Gasteiger partial charge is 0.420 e. The van der Waals surface area contributed by atoms with Crippen molar-refractivity contribution in [3.05, 3.63) is 91.8 Å². The third-order valence-corrected chi connectivity index (χ3v) is 6.70. The van der Waals surface area contributed by atoms with Gasteiger partial charge in [0.05, 0.1) is 18.2 Å². The van der Waals surface area contributed by atoms with Gasteiger partial charge < -0.3 is 9.64 Å². The van der Waals surface area contributed by atoms with E-state index in [4.69, 9.17) is 27.9 Å². The Balaban J connectivity index is 1.98. The highest BCUT2D eigenvalue weighted by atomic mass is 35.5. The quantitative estimate of drug-likeness (QED) is 0.403. The fourth-order valence-electron chi connectivity index (χ4n) is 4.44. The molecular weight excluding hydrogens is 501 g/mol. The number of hydrogen-bond donors (Lipinski definition) is 0. The van der Waals surface area contributed by atoms with Gasteiger partial charge in [0.15, 0.2) is 5.69 Å². The second kappa shape index (κ2) is 10.4. The normalized spacial score (nSPS) is 15.5. The molecule has 0 spiro atoms. The molecule has 1 aliphatic rings. The maximum atomic E-state index is 13.6. The van der Waals surface area contributed by atoms with Crippen LogP contribution in [0.2, 0.25) is 10.0 Å². The number of carbonyl (C=O) groups excluding carboxylic acids is 2. The molecule has 0 aliphatic carbocycles. The van der Waals surface area contributed by atoms with Crippen molar-refractivity contribution in [1.82, 2.24) is 14.7 Å². The smallest absolute Gasteiger partial charge is 0.313 e. The van der Waals surface area contributed by atoms with Gasteiger partial charge in [-0.15, -0.1) is 0 Å². The second-order valence-corrected chi connectivity index (χ2v) is 10.3. The van der Waals surface area contributed by atoms with Crippen LogP contribution in [0.1, 0.15) is 61.3 Å². The third-order valence-electron chi connectivity index (χ3n) is 6.23. The van der Waals surface area contributed by atoms with Crippen molar-refractivity contribution in [2.45, 2.75) is 45.7 Å². The summed E-state index contributed by atoms with van der Waals surface area (Å²) in [4.78, 5) is 40.6. The van der Waals surface area contributed by atoms with Gasteiger partial charge in [-0.25, -0.2) is 0 Å². The van der Waals surface area contributed by atoms with E-state index < -0.39 is 29.3 Å². The highest BCUT2D eigenvalue weighted by Crippen LogP contribution is 2.41. The van der Waals surface area contributed by atoms with Crippen LogP contribution >= 0.6 is 23.2 Å². The van der Waals surface area contributed by atoms with Gasteiger partial charge in [0.25, 0.3) is 5.91 Å². The van der Waals surface area contributed by atoms with Crippen molar-refractivity contribution in [3.8, 4) is 5.75 Å². The van der Waals surface area contributed by atoms with E-state index in [0.29, 0.717) is 16.6 Å². The van der Waals surface area contributed by atoms with Crippen molar-refractivity contribution in [2.75, 3.05) is 6.54 Å². The molecule has 0 radical (unpaired) electrons. The first-order valence-electron chi connectivity index (χ1n) is 11.7. The number of amides is 1. The molecule has 0 fully saturated rings. The van der Waals surface area contributed by atoms with E-state index in [0.717, 1.165) is 17.3 Å². The molecule has 0 N–H and O–H groups in total. The molecule has 36 heavy (non-hydrogen) atoms. The van der Waals surface area contributed by atoms with Crippen LogP contribution in [0, 0.1) is 5.92 Å². The molecule has 0 unspecified atom stereocenters. The lowest BCUT2D eigenvalue weighted by atomic mass is 9.83. The minimum absolute atomic E-state index is 0.0458. The molecule has 0 bridgehead atoms. The molecule has 2 aromatic carbocycles. The van der Waals surface area contributed by atoms with Crippen molar-refractivity contribution < 1.29 is 14.3 Å². The molecule has 188 valence electrons. The number of hydrogen-bond acceptors (Lipinski definition) is 5. The van der Waals surface area contributed by atoms with Crippen molar-refractivity contribution in [3.63, 3.8) is 0 Å². The zero-order chi connectivity index (χ0) is 26.1. The Hall–Kier alpha value is -3.16. The average molecular weight is 528 g/mol. The van der Waals surface area contributed by atoms with Crippen LogP contribution in [-0.4, -0.2) is 39.1 Å². The van der Waals surface area contributed by atoms with E-state index in [-0.39, 0.29) is 23.4 Å². The zero-order valence-corrected chi connectivity index (χ0v) is 22.0. The second-order valence-electron chi connectivity index (χ2n) is 9.41. The summed E-state index contributed by atoms with van der Waals surface area (Å²) in [6.07, 6.45) is 1.09. The Morgan fingerprint density at radius 3 is 2.08 bits per heavy atom. The van der Waals surface area contributed by atoms with Gasteiger partial charge in [-0.2, -0.15) is 5.10 Å². The molecule has 9 heteroatoms. The predicted octanol–water partition coefficient (Wildman–Crippen LogP) is 5.35. The minimum atomic E-state index is -0.630. The molecule has 1 amide bonds. The lowest BCUT2D eigenvalue weighted by Gasteiger charge is -2.41. The van der Waals surface area contributed by atoms with Gasteiger partial charge >= 0.3 is 5.97 Å². The summed E-state index contributed by atoms with van der Waals surface area (Å²) in [6, 6.07) is 14.3. The summed E-state index contributed by atoms with van der Waals surface area (Å²) >= 11 is 12.7. The summed E-state index contributed by atoms with van der Waals surface area (Å²) in [5, 5.41) is 5.50. The molecule has 3 aromatic rings. The van der Waals surface area contributed by atoms with Crippen molar-refractivity contribution in [1.29, 1.82) is 0 Å². The first kappa shape index (κ1) is 25.9. The highest BCUT2D eigenvalue weighted by molar-refractivity contribution is 6.31.